The van der Waals surface area contributed by atoms with Gasteiger partial charge < -0.3 is 14.1 Å². The molecule has 2 rings (SSSR count). The van der Waals surface area contributed by atoms with Gasteiger partial charge in [0, 0.05) is 6.04 Å². The lowest BCUT2D eigenvalue weighted by atomic mass is 10.0. The summed E-state index contributed by atoms with van der Waals surface area (Å²) in [6.07, 6.45) is 2.77. The van der Waals surface area contributed by atoms with Gasteiger partial charge in [0.05, 0.1) is 0 Å². The molecule has 2 aromatic rings. The number of nitrogens with zero attached hydrogens (tertiary/aromatic N) is 1. The van der Waals surface area contributed by atoms with E-state index in [1.54, 1.807) is 0 Å². The van der Waals surface area contributed by atoms with Crippen molar-refractivity contribution in [2.45, 2.75) is 45.1 Å². The summed E-state index contributed by atoms with van der Waals surface area (Å²) in [4.78, 5) is 2.18. The van der Waals surface area contributed by atoms with Gasteiger partial charge in [-0.2, -0.15) is 0 Å². The van der Waals surface area contributed by atoms with Gasteiger partial charge in [-0.25, -0.2) is 0 Å². The molecule has 0 aliphatic carbocycles. The fraction of sp³-hybridized carbons (Fsp3) is 0.391. The Balaban J connectivity index is 2.28. The van der Waals surface area contributed by atoms with E-state index in [4.69, 9.17) is 9.16 Å². The van der Waals surface area contributed by atoms with Gasteiger partial charge in [0.1, 0.15) is 6.10 Å². The average molecular weight is 384 g/mol. The van der Waals surface area contributed by atoms with E-state index in [9.17, 15) is 0 Å². The summed E-state index contributed by atoms with van der Waals surface area (Å²) in [7, 11) is 2.36. The van der Waals surface area contributed by atoms with E-state index in [1.165, 1.54) is 5.56 Å². The first-order valence-corrected chi connectivity index (χ1v) is 13.0. The van der Waals surface area contributed by atoms with Gasteiger partial charge in [-0.3, -0.25) is 0 Å². The summed E-state index contributed by atoms with van der Waals surface area (Å²) in [5.74, 6) is 0.639. The van der Waals surface area contributed by atoms with Gasteiger partial charge in [0.2, 0.25) is 8.32 Å². The molecule has 0 aromatic heterocycles. The van der Waals surface area contributed by atoms with Gasteiger partial charge in [-0.05, 0) is 64.3 Å². The molecular formula is C23H33NO2Si. The second-order valence-corrected chi connectivity index (χ2v) is 12.5. The number of rotatable bonds is 9. The molecule has 2 aromatic carbocycles. The van der Waals surface area contributed by atoms with Crippen molar-refractivity contribution in [3.8, 4) is 0 Å². The molecule has 0 amide bonds. The Kier molecular flexibility index (Phi) is 7.69. The first-order valence-electron chi connectivity index (χ1n) is 9.57. The van der Waals surface area contributed by atoms with E-state index in [0.29, 0.717) is 5.95 Å². The normalized spacial score (nSPS) is 14.7. The van der Waals surface area contributed by atoms with Gasteiger partial charge in [0.15, 0.2) is 0 Å². The molecule has 2 atom stereocenters. The fourth-order valence-electron chi connectivity index (χ4n) is 2.71. The van der Waals surface area contributed by atoms with Gasteiger partial charge in [0.25, 0.3) is 5.95 Å². The minimum Gasteiger partial charge on any atom is -0.520 e. The summed E-state index contributed by atoms with van der Waals surface area (Å²) in [6, 6.07) is 21.0. The van der Waals surface area contributed by atoms with E-state index < -0.39 is 8.32 Å². The molecule has 0 saturated heterocycles. The third-order valence-corrected chi connectivity index (χ3v) is 5.19. The van der Waals surface area contributed by atoms with E-state index in [1.807, 2.05) is 12.1 Å². The Hall–Kier alpha value is -2.04. The van der Waals surface area contributed by atoms with Crippen LogP contribution in [0.2, 0.25) is 19.6 Å². The van der Waals surface area contributed by atoms with Crippen molar-refractivity contribution in [2.75, 3.05) is 14.1 Å². The maximum atomic E-state index is 6.49. The molecule has 0 N–H and O–H groups in total. The number of benzene rings is 2. The molecule has 0 aliphatic heterocycles. The summed E-state index contributed by atoms with van der Waals surface area (Å²) in [5.41, 5.74) is 2.40. The number of allylic oxidation sites excluding steroid dienone is 1. The zero-order chi connectivity index (χ0) is 19.9. The highest BCUT2D eigenvalue weighted by molar-refractivity contribution is 6.70. The van der Waals surface area contributed by atoms with Crippen molar-refractivity contribution >= 4 is 8.32 Å². The van der Waals surface area contributed by atoms with Crippen LogP contribution in [0, 0.1) is 0 Å². The highest BCUT2D eigenvalue weighted by Gasteiger charge is 2.26. The zero-order valence-corrected chi connectivity index (χ0v) is 18.5. The first-order chi connectivity index (χ1) is 12.8. The monoisotopic (exact) mass is 383 g/mol. The van der Waals surface area contributed by atoms with E-state index in [-0.39, 0.29) is 12.1 Å². The van der Waals surface area contributed by atoms with E-state index in [0.717, 1.165) is 12.0 Å². The van der Waals surface area contributed by atoms with Crippen LogP contribution in [0.25, 0.3) is 0 Å². The zero-order valence-electron chi connectivity index (χ0n) is 17.5. The Labute approximate surface area is 165 Å². The molecule has 27 heavy (non-hydrogen) atoms. The Morgan fingerprint density at radius 2 is 1.52 bits per heavy atom. The van der Waals surface area contributed by atoms with Crippen molar-refractivity contribution in [1.82, 2.24) is 4.90 Å². The second-order valence-electron chi connectivity index (χ2n) is 8.08. The lowest BCUT2D eigenvalue weighted by Gasteiger charge is -2.32. The molecule has 0 spiro atoms. The van der Waals surface area contributed by atoms with E-state index in [2.05, 4.69) is 100 Å². The van der Waals surface area contributed by atoms with Crippen LogP contribution < -0.4 is 0 Å². The molecule has 0 bridgehead atoms. The standard InChI is InChI=1S/C23H33NO2Si/c1-19(24(2)3)23(21-15-11-8-12-16-21)25-22(26-27(4,5)6)18-17-20-13-9-7-10-14-20/h7-16,18-19,23H,17H2,1-6H3/b22-18+/t19-,23-/m0/s1. The highest BCUT2D eigenvalue weighted by atomic mass is 28.4. The maximum Gasteiger partial charge on any atom is 0.262 e. The Bertz CT molecular complexity index is 708. The van der Waals surface area contributed by atoms with Gasteiger partial charge >= 0.3 is 0 Å². The van der Waals surface area contributed by atoms with Crippen molar-refractivity contribution in [3.05, 3.63) is 83.8 Å². The number of hydrogen-bond donors (Lipinski definition) is 0. The smallest absolute Gasteiger partial charge is 0.262 e. The molecule has 0 heterocycles. The van der Waals surface area contributed by atoms with Crippen LogP contribution >= 0.6 is 0 Å². The van der Waals surface area contributed by atoms with E-state index >= 15 is 0 Å². The molecule has 0 aliphatic rings. The van der Waals surface area contributed by atoms with Crippen LogP contribution in [0.15, 0.2) is 72.7 Å². The van der Waals surface area contributed by atoms with Gasteiger partial charge in [-0.1, -0.05) is 60.7 Å². The number of ether oxygens (including phenoxy) is 1. The van der Waals surface area contributed by atoms with Crippen molar-refractivity contribution in [1.29, 1.82) is 0 Å². The molecule has 146 valence electrons. The van der Waals surface area contributed by atoms with Crippen LogP contribution in [0.3, 0.4) is 0 Å². The predicted octanol–water partition coefficient (Wildman–Crippen LogP) is 5.63. The molecule has 3 nitrogen and oxygen atoms in total. The minimum absolute atomic E-state index is 0.0976. The van der Waals surface area contributed by atoms with Crippen LogP contribution in [0.5, 0.6) is 0 Å². The highest BCUT2D eigenvalue weighted by Crippen LogP contribution is 2.28. The lowest BCUT2D eigenvalue weighted by Crippen LogP contribution is -2.34. The fourth-order valence-corrected chi connectivity index (χ4v) is 3.45. The minimum atomic E-state index is -1.80. The predicted molar refractivity (Wildman–Crippen MR) is 116 cm³/mol. The van der Waals surface area contributed by atoms with Crippen LogP contribution in [-0.4, -0.2) is 33.4 Å². The third-order valence-electron chi connectivity index (χ3n) is 4.38. The van der Waals surface area contributed by atoms with Crippen molar-refractivity contribution < 1.29 is 9.16 Å². The van der Waals surface area contributed by atoms with Gasteiger partial charge in [-0.15, -0.1) is 0 Å². The molecular weight excluding hydrogens is 350 g/mol. The summed E-state index contributed by atoms with van der Waals surface area (Å²) in [5, 5.41) is 0. The van der Waals surface area contributed by atoms with Crippen molar-refractivity contribution in [3.63, 3.8) is 0 Å². The molecule has 4 heteroatoms. The second kappa shape index (κ2) is 9.77. The average Bonchev–Trinajstić information content (AvgIpc) is 2.63. The Morgan fingerprint density at radius 3 is 2.04 bits per heavy atom. The summed E-state index contributed by atoms with van der Waals surface area (Å²) >= 11 is 0. The van der Waals surface area contributed by atoms with Crippen molar-refractivity contribution in [2.24, 2.45) is 0 Å². The maximum absolute atomic E-state index is 6.49. The molecule has 0 fully saturated rings. The van der Waals surface area contributed by atoms with Crippen LogP contribution in [-0.2, 0) is 15.6 Å². The quantitative estimate of drug-likeness (QED) is 0.414. The van der Waals surface area contributed by atoms with Crippen LogP contribution in [0.1, 0.15) is 24.2 Å². The topological polar surface area (TPSA) is 21.7 Å². The lowest BCUT2D eigenvalue weighted by molar-refractivity contribution is -0.00343. The first kappa shape index (κ1) is 21.3. The SMILES string of the molecule is C[C@@H]([C@H](O/C(=C\Cc1ccccc1)O[Si](C)(C)C)c1ccccc1)N(C)C. The van der Waals surface area contributed by atoms with Crippen LogP contribution in [0.4, 0.5) is 0 Å². The third kappa shape index (κ3) is 7.23. The molecule has 0 unspecified atom stereocenters. The number of hydrogen-bond acceptors (Lipinski definition) is 3. The Morgan fingerprint density at radius 1 is 0.963 bits per heavy atom. The molecule has 0 radical (unpaired) electrons. The largest absolute Gasteiger partial charge is 0.520 e. The summed E-state index contributed by atoms with van der Waals surface area (Å²) in [6.45, 7) is 8.72. The number of likely N-dealkylation sites (N-methyl/N-ethyl adjacent to an activating group) is 1. The summed E-state index contributed by atoms with van der Waals surface area (Å²) < 4.78 is 12.8. The molecule has 0 saturated carbocycles.